The van der Waals surface area contributed by atoms with Gasteiger partial charge in [-0.3, -0.25) is 9.78 Å². The lowest BCUT2D eigenvalue weighted by Gasteiger charge is -2.33. The number of rotatable bonds is 1. The number of aromatic amines is 1. The van der Waals surface area contributed by atoms with Crippen LogP contribution in [0, 0.1) is 0 Å². The van der Waals surface area contributed by atoms with E-state index in [9.17, 15) is 9.59 Å². The fourth-order valence-corrected chi connectivity index (χ4v) is 2.33. The molecule has 1 saturated heterocycles. The Morgan fingerprint density at radius 3 is 2.60 bits per heavy atom. The van der Waals surface area contributed by atoms with Crippen LogP contribution in [0.3, 0.4) is 0 Å². The van der Waals surface area contributed by atoms with E-state index >= 15 is 0 Å². The molecule has 1 fully saturated rings. The SMILES string of the molecule is O=C(O)N1CCN(c2nc3ccccc3c(=O)[nH]2)CC1. The van der Waals surface area contributed by atoms with Gasteiger partial charge in [-0.2, -0.15) is 0 Å². The summed E-state index contributed by atoms with van der Waals surface area (Å²) in [4.78, 5) is 33.3. The Bertz CT molecular complexity index is 704. The number of fused-ring (bicyclic) bond motifs is 1. The zero-order valence-electron chi connectivity index (χ0n) is 10.7. The maximum absolute atomic E-state index is 12.0. The summed E-state index contributed by atoms with van der Waals surface area (Å²) in [5.74, 6) is 0.499. The number of carbonyl (C=O) groups is 1. The molecule has 1 aromatic heterocycles. The summed E-state index contributed by atoms with van der Waals surface area (Å²) in [5.41, 5.74) is 0.471. The molecule has 20 heavy (non-hydrogen) atoms. The van der Waals surface area contributed by atoms with Gasteiger partial charge in [0.2, 0.25) is 5.95 Å². The van der Waals surface area contributed by atoms with Gasteiger partial charge in [-0.1, -0.05) is 12.1 Å². The minimum Gasteiger partial charge on any atom is -0.465 e. The number of amides is 1. The molecule has 2 aromatic rings. The summed E-state index contributed by atoms with van der Waals surface area (Å²) in [6, 6.07) is 7.15. The molecule has 0 bridgehead atoms. The average Bonchev–Trinajstić information content (AvgIpc) is 2.47. The Kier molecular flexibility index (Phi) is 3.02. The number of nitrogens with zero attached hydrogens (tertiary/aromatic N) is 3. The predicted molar refractivity (Wildman–Crippen MR) is 74.2 cm³/mol. The van der Waals surface area contributed by atoms with Crippen molar-refractivity contribution in [2.24, 2.45) is 0 Å². The van der Waals surface area contributed by atoms with Crippen LogP contribution < -0.4 is 10.5 Å². The summed E-state index contributed by atoms with van der Waals surface area (Å²) in [6.07, 6.45) is -0.912. The van der Waals surface area contributed by atoms with E-state index in [0.29, 0.717) is 43.0 Å². The molecule has 1 aromatic carbocycles. The first kappa shape index (κ1) is 12.5. The van der Waals surface area contributed by atoms with Gasteiger partial charge in [0.05, 0.1) is 10.9 Å². The van der Waals surface area contributed by atoms with Crippen molar-refractivity contribution >= 4 is 22.9 Å². The highest BCUT2D eigenvalue weighted by molar-refractivity contribution is 5.78. The predicted octanol–water partition coefficient (Wildman–Crippen LogP) is 0.723. The van der Waals surface area contributed by atoms with E-state index in [4.69, 9.17) is 5.11 Å². The number of hydrogen-bond donors (Lipinski definition) is 2. The van der Waals surface area contributed by atoms with E-state index in [0.717, 1.165) is 0 Å². The Morgan fingerprint density at radius 1 is 1.20 bits per heavy atom. The van der Waals surface area contributed by atoms with Gasteiger partial charge in [0.15, 0.2) is 0 Å². The first-order valence-corrected chi connectivity index (χ1v) is 6.37. The highest BCUT2D eigenvalue weighted by Crippen LogP contribution is 2.13. The molecule has 2 N–H and O–H groups in total. The standard InChI is InChI=1S/C13H14N4O3/c18-11-9-3-1-2-4-10(9)14-12(15-11)16-5-7-17(8-6-16)13(19)20/h1-4H,5-8H2,(H,19,20)(H,14,15,18). The van der Waals surface area contributed by atoms with Gasteiger partial charge in [0.25, 0.3) is 5.56 Å². The van der Waals surface area contributed by atoms with Gasteiger partial charge in [0, 0.05) is 26.2 Å². The molecule has 0 spiro atoms. The molecule has 7 heteroatoms. The molecule has 3 rings (SSSR count). The Morgan fingerprint density at radius 2 is 1.90 bits per heavy atom. The molecule has 0 radical (unpaired) electrons. The molecule has 1 aliphatic rings. The third-order valence-electron chi connectivity index (χ3n) is 3.45. The van der Waals surface area contributed by atoms with Crippen molar-refractivity contribution in [3.8, 4) is 0 Å². The Balaban J connectivity index is 1.88. The highest BCUT2D eigenvalue weighted by atomic mass is 16.4. The Hall–Kier alpha value is -2.57. The molecule has 0 atom stereocenters. The molecule has 0 unspecified atom stereocenters. The molecule has 7 nitrogen and oxygen atoms in total. The van der Waals surface area contributed by atoms with E-state index in [1.54, 1.807) is 18.2 Å². The second-order valence-corrected chi connectivity index (χ2v) is 4.66. The maximum Gasteiger partial charge on any atom is 0.407 e. The van der Waals surface area contributed by atoms with Gasteiger partial charge in [-0.15, -0.1) is 0 Å². The van der Waals surface area contributed by atoms with Crippen molar-refractivity contribution in [2.75, 3.05) is 31.1 Å². The van der Waals surface area contributed by atoms with E-state index in [1.165, 1.54) is 4.90 Å². The number of nitrogens with one attached hydrogen (secondary N) is 1. The van der Waals surface area contributed by atoms with Crippen LogP contribution in [0.25, 0.3) is 10.9 Å². The number of hydrogen-bond acceptors (Lipinski definition) is 4. The molecular formula is C13H14N4O3. The zero-order chi connectivity index (χ0) is 14.1. The van der Waals surface area contributed by atoms with Crippen LogP contribution in [0.5, 0.6) is 0 Å². The molecule has 0 saturated carbocycles. The summed E-state index contributed by atoms with van der Waals surface area (Å²) >= 11 is 0. The van der Waals surface area contributed by atoms with Gasteiger partial charge >= 0.3 is 6.09 Å². The third-order valence-corrected chi connectivity index (χ3v) is 3.45. The minimum absolute atomic E-state index is 0.175. The van der Waals surface area contributed by atoms with Gasteiger partial charge in [-0.25, -0.2) is 9.78 Å². The fourth-order valence-electron chi connectivity index (χ4n) is 2.33. The van der Waals surface area contributed by atoms with Crippen molar-refractivity contribution in [1.82, 2.24) is 14.9 Å². The molecule has 104 valence electrons. The Labute approximate surface area is 114 Å². The number of benzene rings is 1. The van der Waals surface area contributed by atoms with Crippen LogP contribution in [0.1, 0.15) is 0 Å². The van der Waals surface area contributed by atoms with Crippen molar-refractivity contribution in [1.29, 1.82) is 0 Å². The molecule has 0 aliphatic carbocycles. The zero-order valence-corrected chi connectivity index (χ0v) is 10.7. The second-order valence-electron chi connectivity index (χ2n) is 4.66. The molecule has 1 amide bonds. The summed E-state index contributed by atoms with van der Waals surface area (Å²) in [5, 5.41) is 9.47. The number of H-pyrrole nitrogens is 1. The summed E-state index contributed by atoms with van der Waals surface area (Å²) in [7, 11) is 0. The van der Waals surface area contributed by atoms with Crippen LogP contribution in [-0.4, -0.2) is 52.2 Å². The van der Waals surface area contributed by atoms with E-state index in [1.807, 2.05) is 11.0 Å². The van der Waals surface area contributed by atoms with Gasteiger partial charge in [-0.05, 0) is 12.1 Å². The average molecular weight is 274 g/mol. The quantitative estimate of drug-likeness (QED) is 0.800. The maximum atomic E-state index is 12.0. The monoisotopic (exact) mass is 274 g/mol. The first-order chi connectivity index (χ1) is 9.65. The molecule has 1 aliphatic heterocycles. The van der Waals surface area contributed by atoms with Gasteiger partial charge in [0.1, 0.15) is 0 Å². The third kappa shape index (κ3) is 2.18. The topological polar surface area (TPSA) is 89.5 Å². The van der Waals surface area contributed by atoms with Crippen molar-refractivity contribution in [2.45, 2.75) is 0 Å². The van der Waals surface area contributed by atoms with E-state index in [2.05, 4.69) is 9.97 Å². The number of anilines is 1. The smallest absolute Gasteiger partial charge is 0.407 e. The van der Waals surface area contributed by atoms with Crippen LogP contribution >= 0.6 is 0 Å². The van der Waals surface area contributed by atoms with E-state index in [-0.39, 0.29) is 5.56 Å². The lowest BCUT2D eigenvalue weighted by Crippen LogP contribution is -2.49. The van der Waals surface area contributed by atoms with Gasteiger partial charge < -0.3 is 14.9 Å². The highest BCUT2D eigenvalue weighted by Gasteiger charge is 2.22. The minimum atomic E-state index is -0.912. The van der Waals surface area contributed by atoms with Crippen molar-refractivity contribution < 1.29 is 9.90 Å². The number of para-hydroxylation sites is 1. The fraction of sp³-hybridized carbons (Fsp3) is 0.308. The largest absolute Gasteiger partial charge is 0.465 e. The van der Waals surface area contributed by atoms with Crippen LogP contribution in [0.2, 0.25) is 0 Å². The molecule has 2 heterocycles. The first-order valence-electron chi connectivity index (χ1n) is 6.37. The normalized spacial score (nSPS) is 15.6. The summed E-state index contributed by atoms with van der Waals surface area (Å²) < 4.78 is 0. The van der Waals surface area contributed by atoms with Crippen LogP contribution in [0.15, 0.2) is 29.1 Å². The second kappa shape index (κ2) is 4.84. The van der Waals surface area contributed by atoms with Crippen molar-refractivity contribution in [3.05, 3.63) is 34.6 Å². The van der Waals surface area contributed by atoms with Crippen molar-refractivity contribution in [3.63, 3.8) is 0 Å². The molecular weight excluding hydrogens is 260 g/mol. The lowest BCUT2D eigenvalue weighted by molar-refractivity contribution is 0.142. The summed E-state index contributed by atoms with van der Waals surface area (Å²) in [6.45, 7) is 1.86. The number of carboxylic acid groups (broad SMARTS) is 1. The number of piperazine rings is 1. The number of aromatic nitrogens is 2. The van der Waals surface area contributed by atoms with E-state index < -0.39 is 6.09 Å². The van der Waals surface area contributed by atoms with Crippen LogP contribution in [-0.2, 0) is 0 Å². The lowest BCUT2D eigenvalue weighted by atomic mass is 10.2. The van der Waals surface area contributed by atoms with Crippen LogP contribution in [0.4, 0.5) is 10.7 Å².